The van der Waals surface area contributed by atoms with Crippen LogP contribution in [-0.2, 0) is 9.05 Å². The maximum atomic E-state index is 14.6. The summed E-state index contributed by atoms with van der Waals surface area (Å²) < 4.78 is 44.9. The third-order valence-electron chi connectivity index (χ3n) is 4.25. The maximum Gasteiger partial charge on any atom is 0.261 e. The molecule has 10 nitrogen and oxygen atoms in total. The predicted octanol–water partition coefficient (Wildman–Crippen LogP) is 3.42. The van der Waals surface area contributed by atoms with Crippen LogP contribution in [0.4, 0.5) is 16.0 Å². The SMILES string of the molecule is Cc1cc(S(=O)(=O)Cl)cc(F)c1Nc1nc2c(OC(C)C)c(-c3cn[nH]c3)ncn2n1. The molecule has 0 fully saturated rings. The van der Waals surface area contributed by atoms with Crippen molar-refractivity contribution in [2.24, 2.45) is 0 Å². The van der Waals surface area contributed by atoms with E-state index in [1.165, 1.54) is 16.9 Å². The van der Waals surface area contributed by atoms with Gasteiger partial charge in [-0.2, -0.15) is 14.6 Å². The standard InChI is InChI=1S/C18H17ClFN7O3S/c1-9(2)30-16-15(11-6-22-23-7-11)21-8-27-17(16)25-18(26-27)24-14-10(3)4-12(5-13(14)20)31(19,28)29/h4-9H,1-3H3,(H,22,23)(H,24,26). The highest BCUT2D eigenvalue weighted by Gasteiger charge is 2.21. The number of ether oxygens (including phenoxy) is 1. The van der Waals surface area contributed by atoms with Gasteiger partial charge in [0.05, 0.1) is 22.9 Å². The summed E-state index contributed by atoms with van der Waals surface area (Å²) in [5.74, 6) is -0.350. The van der Waals surface area contributed by atoms with Gasteiger partial charge in [-0.3, -0.25) is 5.10 Å². The summed E-state index contributed by atoms with van der Waals surface area (Å²) in [5, 5.41) is 13.7. The molecule has 0 saturated heterocycles. The molecule has 31 heavy (non-hydrogen) atoms. The second-order valence-corrected chi connectivity index (χ2v) is 9.51. The number of aryl methyl sites for hydroxylation is 1. The number of aromatic amines is 1. The number of anilines is 2. The number of benzene rings is 1. The number of nitrogens with zero attached hydrogens (tertiary/aromatic N) is 5. The molecule has 0 aliphatic heterocycles. The van der Waals surface area contributed by atoms with E-state index in [9.17, 15) is 12.8 Å². The van der Waals surface area contributed by atoms with Gasteiger partial charge in [0.25, 0.3) is 9.05 Å². The summed E-state index contributed by atoms with van der Waals surface area (Å²) in [6, 6.07) is 2.09. The maximum absolute atomic E-state index is 14.6. The van der Waals surface area contributed by atoms with Gasteiger partial charge in [0.1, 0.15) is 17.8 Å². The van der Waals surface area contributed by atoms with Crippen LogP contribution in [0, 0.1) is 12.7 Å². The second-order valence-electron chi connectivity index (χ2n) is 6.94. The van der Waals surface area contributed by atoms with Gasteiger partial charge >= 0.3 is 0 Å². The van der Waals surface area contributed by atoms with Crippen molar-refractivity contribution in [2.45, 2.75) is 31.8 Å². The first-order valence-corrected chi connectivity index (χ1v) is 11.4. The minimum absolute atomic E-state index is 0.0225. The van der Waals surface area contributed by atoms with Crippen molar-refractivity contribution in [3.63, 3.8) is 0 Å². The first-order valence-electron chi connectivity index (χ1n) is 9.06. The Kier molecular flexibility index (Phi) is 5.27. The number of hydrogen-bond acceptors (Lipinski definition) is 8. The molecule has 162 valence electrons. The second kappa shape index (κ2) is 7.78. The average molecular weight is 466 g/mol. The van der Waals surface area contributed by atoms with Crippen molar-refractivity contribution >= 4 is 37.0 Å². The summed E-state index contributed by atoms with van der Waals surface area (Å²) in [4.78, 5) is 8.47. The lowest BCUT2D eigenvalue weighted by Gasteiger charge is -2.12. The van der Waals surface area contributed by atoms with Crippen molar-refractivity contribution in [2.75, 3.05) is 5.32 Å². The summed E-state index contributed by atoms with van der Waals surface area (Å²) in [7, 11) is 1.25. The van der Waals surface area contributed by atoms with E-state index in [2.05, 4.69) is 30.6 Å². The first kappa shape index (κ1) is 21.0. The van der Waals surface area contributed by atoms with Gasteiger partial charge in [-0.25, -0.2) is 17.8 Å². The van der Waals surface area contributed by atoms with E-state index in [1.807, 2.05) is 13.8 Å². The number of nitrogens with one attached hydrogen (secondary N) is 2. The third kappa shape index (κ3) is 4.16. The van der Waals surface area contributed by atoms with Crippen molar-refractivity contribution in [3.05, 3.63) is 42.2 Å². The molecule has 0 aliphatic carbocycles. The molecule has 0 atom stereocenters. The van der Waals surface area contributed by atoms with Gasteiger partial charge in [0, 0.05) is 22.4 Å². The molecule has 1 aromatic carbocycles. The highest BCUT2D eigenvalue weighted by Crippen LogP contribution is 2.33. The Morgan fingerprint density at radius 3 is 2.71 bits per heavy atom. The summed E-state index contributed by atoms with van der Waals surface area (Å²) >= 11 is 0. The highest BCUT2D eigenvalue weighted by molar-refractivity contribution is 8.13. The van der Waals surface area contributed by atoms with Crippen LogP contribution >= 0.6 is 10.7 Å². The van der Waals surface area contributed by atoms with Crippen LogP contribution in [0.2, 0.25) is 0 Å². The smallest absolute Gasteiger partial charge is 0.261 e. The molecule has 0 amide bonds. The summed E-state index contributed by atoms with van der Waals surface area (Å²) in [6.45, 7) is 5.27. The van der Waals surface area contributed by atoms with Gasteiger partial charge in [-0.05, 0) is 38.5 Å². The summed E-state index contributed by atoms with van der Waals surface area (Å²) in [6.07, 6.45) is 4.56. The first-order chi connectivity index (χ1) is 14.6. The Hall–Kier alpha value is -3.25. The zero-order valence-corrected chi connectivity index (χ0v) is 18.2. The molecule has 3 heterocycles. The minimum Gasteiger partial charge on any atom is -0.485 e. The number of aromatic nitrogens is 6. The normalized spacial score (nSPS) is 11.9. The molecule has 0 spiro atoms. The van der Waals surface area contributed by atoms with Gasteiger partial charge < -0.3 is 10.1 Å². The van der Waals surface area contributed by atoms with Crippen LogP contribution in [0.5, 0.6) is 5.75 Å². The molecule has 0 unspecified atom stereocenters. The molecule has 0 radical (unpaired) electrons. The van der Waals surface area contributed by atoms with Gasteiger partial charge in [-0.15, -0.1) is 5.10 Å². The van der Waals surface area contributed by atoms with Gasteiger partial charge in [0.15, 0.2) is 5.75 Å². The lowest BCUT2D eigenvalue weighted by Crippen LogP contribution is -2.09. The number of halogens is 2. The third-order valence-corrected chi connectivity index (χ3v) is 5.58. The van der Waals surface area contributed by atoms with Crippen LogP contribution in [0.15, 0.2) is 35.7 Å². The van der Waals surface area contributed by atoms with Crippen LogP contribution in [0.1, 0.15) is 19.4 Å². The number of fused-ring (bicyclic) bond motifs is 1. The van der Waals surface area contributed by atoms with Crippen LogP contribution in [0.3, 0.4) is 0 Å². The van der Waals surface area contributed by atoms with Gasteiger partial charge in [0.2, 0.25) is 11.6 Å². The molecular weight excluding hydrogens is 449 g/mol. The highest BCUT2D eigenvalue weighted by atomic mass is 35.7. The van der Waals surface area contributed by atoms with E-state index in [0.29, 0.717) is 28.2 Å². The van der Waals surface area contributed by atoms with Crippen LogP contribution in [0.25, 0.3) is 16.9 Å². The fourth-order valence-electron chi connectivity index (χ4n) is 2.94. The average Bonchev–Trinajstić information content (AvgIpc) is 3.33. The topological polar surface area (TPSA) is 127 Å². The quantitative estimate of drug-likeness (QED) is 0.414. The molecule has 0 bridgehead atoms. The zero-order valence-electron chi connectivity index (χ0n) is 16.6. The van der Waals surface area contributed by atoms with E-state index in [4.69, 9.17) is 15.4 Å². The fourth-order valence-corrected chi connectivity index (χ4v) is 3.77. The Morgan fingerprint density at radius 1 is 1.32 bits per heavy atom. The molecule has 2 N–H and O–H groups in total. The van der Waals surface area contributed by atoms with E-state index in [-0.39, 0.29) is 22.6 Å². The molecule has 4 aromatic rings. The fraction of sp³-hybridized carbons (Fsp3) is 0.222. The van der Waals surface area contributed by atoms with Crippen LogP contribution in [-0.4, -0.2) is 44.3 Å². The lowest BCUT2D eigenvalue weighted by atomic mass is 10.2. The van der Waals surface area contributed by atoms with E-state index in [0.717, 1.165) is 6.07 Å². The Balaban J connectivity index is 1.78. The monoisotopic (exact) mass is 465 g/mol. The molecule has 0 saturated carbocycles. The predicted molar refractivity (Wildman–Crippen MR) is 112 cm³/mol. The molecule has 3 aromatic heterocycles. The Bertz CT molecular complexity index is 1350. The number of H-pyrrole nitrogens is 1. The molecule has 0 aliphatic rings. The zero-order chi connectivity index (χ0) is 22.3. The van der Waals surface area contributed by atoms with E-state index < -0.39 is 14.9 Å². The molecule has 4 rings (SSSR count). The van der Waals surface area contributed by atoms with Crippen molar-refractivity contribution in [1.82, 2.24) is 29.8 Å². The van der Waals surface area contributed by atoms with Gasteiger partial charge in [-0.1, -0.05) is 0 Å². The molecule has 13 heteroatoms. The van der Waals surface area contributed by atoms with Crippen molar-refractivity contribution in [1.29, 1.82) is 0 Å². The Morgan fingerprint density at radius 2 is 2.10 bits per heavy atom. The summed E-state index contributed by atoms with van der Waals surface area (Å²) in [5.41, 5.74) is 1.92. The van der Waals surface area contributed by atoms with E-state index >= 15 is 0 Å². The molecular formula is C18H17ClFN7O3S. The number of hydrogen-bond donors (Lipinski definition) is 2. The van der Waals surface area contributed by atoms with E-state index in [1.54, 1.807) is 19.3 Å². The van der Waals surface area contributed by atoms with Crippen molar-refractivity contribution in [3.8, 4) is 17.0 Å². The largest absolute Gasteiger partial charge is 0.485 e. The minimum atomic E-state index is -4.06. The van der Waals surface area contributed by atoms with Crippen LogP contribution < -0.4 is 10.1 Å². The number of rotatable bonds is 6. The van der Waals surface area contributed by atoms with Crippen molar-refractivity contribution < 1.29 is 17.5 Å². The lowest BCUT2D eigenvalue weighted by molar-refractivity contribution is 0.244. The Labute approximate surface area is 180 Å².